The lowest BCUT2D eigenvalue weighted by atomic mass is 10.0. The van der Waals surface area contributed by atoms with Crippen LogP contribution in [0.15, 0.2) is 72.9 Å². The van der Waals surface area contributed by atoms with Gasteiger partial charge in [-0.3, -0.25) is 9.78 Å². The minimum atomic E-state index is -0.228. The standard InChI is InChI=1S/C21H21N3O/c1-15(2)16-8-10-18(11-9-16)24-21(25)20-14-19(12-13-22-20)23-17-6-4-3-5-7-17/h3-15H,1-2H3,(H,22,23)(H,24,25). The van der Waals surface area contributed by atoms with Gasteiger partial charge in [-0.05, 0) is 47.9 Å². The maximum atomic E-state index is 12.4. The number of pyridine rings is 1. The number of rotatable bonds is 5. The highest BCUT2D eigenvalue weighted by Gasteiger charge is 2.09. The number of aromatic nitrogens is 1. The predicted octanol–water partition coefficient (Wildman–Crippen LogP) is 5.20. The third kappa shape index (κ3) is 4.44. The Kier molecular flexibility index (Phi) is 5.09. The van der Waals surface area contributed by atoms with Gasteiger partial charge in [0, 0.05) is 23.3 Å². The summed E-state index contributed by atoms with van der Waals surface area (Å²) in [6, 6.07) is 21.3. The number of benzene rings is 2. The maximum absolute atomic E-state index is 12.4. The van der Waals surface area contributed by atoms with Crippen LogP contribution >= 0.6 is 0 Å². The number of para-hydroxylation sites is 1. The fourth-order valence-corrected chi connectivity index (χ4v) is 2.47. The summed E-state index contributed by atoms with van der Waals surface area (Å²) in [5.41, 5.74) is 4.16. The lowest BCUT2D eigenvalue weighted by Gasteiger charge is -2.10. The Morgan fingerprint density at radius 1 is 0.880 bits per heavy atom. The van der Waals surface area contributed by atoms with E-state index in [0.29, 0.717) is 11.6 Å². The molecule has 0 bridgehead atoms. The van der Waals surface area contributed by atoms with E-state index in [-0.39, 0.29) is 5.91 Å². The molecule has 0 radical (unpaired) electrons. The van der Waals surface area contributed by atoms with Gasteiger partial charge in [-0.15, -0.1) is 0 Å². The van der Waals surface area contributed by atoms with Gasteiger partial charge in [-0.1, -0.05) is 44.2 Å². The topological polar surface area (TPSA) is 54.0 Å². The van der Waals surface area contributed by atoms with Crippen LogP contribution in [0.1, 0.15) is 35.8 Å². The first-order valence-corrected chi connectivity index (χ1v) is 8.31. The monoisotopic (exact) mass is 331 g/mol. The molecule has 0 aliphatic rings. The second-order valence-corrected chi connectivity index (χ2v) is 6.15. The Bertz CT molecular complexity index is 843. The third-order valence-corrected chi connectivity index (χ3v) is 3.89. The van der Waals surface area contributed by atoms with Crippen molar-refractivity contribution in [1.29, 1.82) is 0 Å². The van der Waals surface area contributed by atoms with Crippen molar-refractivity contribution in [2.45, 2.75) is 19.8 Å². The second kappa shape index (κ2) is 7.62. The number of nitrogens with zero attached hydrogens (tertiary/aromatic N) is 1. The molecule has 3 rings (SSSR count). The van der Waals surface area contributed by atoms with Gasteiger partial charge in [0.15, 0.2) is 0 Å². The van der Waals surface area contributed by atoms with Crippen LogP contribution in [0.2, 0.25) is 0 Å². The summed E-state index contributed by atoms with van der Waals surface area (Å²) in [6.45, 7) is 4.28. The van der Waals surface area contributed by atoms with Gasteiger partial charge in [-0.25, -0.2) is 0 Å². The van der Waals surface area contributed by atoms with Gasteiger partial charge in [-0.2, -0.15) is 0 Å². The SMILES string of the molecule is CC(C)c1ccc(NC(=O)c2cc(Nc3ccccc3)ccn2)cc1. The van der Waals surface area contributed by atoms with E-state index in [0.717, 1.165) is 17.1 Å². The Labute approximate surface area is 147 Å². The summed E-state index contributed by atoms with van der Waals surface area (Å²) in [5, 5.41) is 6.15. The molecule has 1 amide bonds. The summed E-state index contributed by atoms with van der Waals surface area (Å²) in [5.74, 6) is 0.237. The summed E-state index contributed by atoms with van der Waals surface area (Å²) in [4.78, 5) is 16.6. The average molecular weight is 331 g/mol. The highest BCUT2D eigenvalue weighted by Crippen LogP contribution is 2.19. The molecule has 4 heteroatoms. The van der Waals surface area contributed by atoms with Crippen molar-refractivity contribution in [3.05, 3.63) is 84.2 Å². The number of anilines is 3. The van der Waals surface area contributed by atoms with E-state index >= 15 is 0 Å². The Hall–Kier alpha value is -3.14. The van der Waals surface area contributed by atoms with Crippen LogP contribution in [0.5, 0.6) is 0 Å². The molecule has 2 aromatic carbocycles. The van der Waals surface area contributed by atoms with Crippen molar-refractivity contribution in [2.24, 2.45) is 0 Å². The van der Waals surface area contributed by atoms with Crippen molar-refractivity contribution in [3.8, 4) is 0 Å². The molecule has 4 nitrogen and oxygen atoms in total. The van der Waals surface area contributed by atoms with Crippen LogP contribution in [0.4, 0.5) is 17.1 Å². The molecular weight excluding hydrogens is 310 g/mol. The van der Waals surface area contributed by atoms with Crippen molar-refractivity contribution in [1.82, 2.24) is 4.98 Å². The highest BCUT2D eigenvalue weighted by molar-refractivity contribution is 6.03. The smallest absolute Gasteiger partial charge is 0.274 e. The largest absolute Gasteiger partial charge is 0.355 e. The summed E-state index contributed by atoms with van der Waals surface area (Å²) in [6.07, 6.45) is 1.63. The average Bonchev–Trinajstić information content (AvgIpc) is 2.63. The Morgan fingerprint density at radius 3 is 2.28 bits per heavy atom. The van der Waals surface area contributed by atoms with Crippen molar-refractivity contribution in [2.75, 3.05) is 10.6 Å². The number of nitrogens with one attached hydrogen (secondary N) is 2. The first kappa shape index (κ1) is 16.7. The lowest BCUT2D eigenvalue weighted by molar-refractivity contribution is 0.102. The molecule has 126 valence electrons. The normalized spacial score (nSPS) is 10.5. The zero-order valence-electron chi connectivity index (χ0n) is 14.4. The van der Waals surface area contributed by atoms with Gasteiger partial charge in [0.05, 0.1) is 0 Å². The molecule has 0 saturated heterocycles. The maximum Gasteiger partial charge on any atom is 0.274 e. The molecule has 25 heavy (non-hydrogen) atoms. The first-order chi connectivity index (χ1) is 12.1. The molecule has 0 atom stereocenters. The number of hydrogen-bond donors (Lipinski definition) is 2. The molecule has 0 aliphatic carbocycles. The van der Waals surface area contributed by atoms with E-state index in [1.165, 1.54) is 5.56 Å². The summed E-state index contributed by atoms with van der Waals surface area (Å²) < 4.78 is 0. The quantitative estimate of drug-likeness (QED) is 0.675. The molecule has 2 N–H and O–H groups in total. The van der Waals surface area contributed by atoms with Gasteiger partial charge in [0.1, 0.15) is 5.69 Å². The molecule has 0 spiro atoms. The van der Waals surface area contributed by atoms with Crippen molar-refractivity contribution >= 4 is 23.0 Å². The van der Waals surface area contributed by atoms with Crippen LogP contribution in [-0.2, 0) is 0 Å². The van der Waals surface area contributed by atoms with Crippen molar-refractivity contribution < 1.29 is 4.79 Å². The lowest BCUT2D eigenvalue weighted by Crippen LogP contribution is -2.13. The number of amides is 1. The highest BCUT2D eigenvalue weighted by atomic mass is 16.1. The Morgan fingerprint density at radius 2 is 1.60 bits per heavy atom. The molecule has 1 heterocycles. The minimum Gasteiger partial charge on any atom is -0.355 e. The third-order valence-electron chi connectivity index (χ3n) is 3.89. The van der Waals surface area contributed by atoms with E-state index in [4.69, 9.17) is 0 Å². The molecule has 1 aromatic heterocycles. The second-order valence-electron chi connectivity index (χ2n) is 6.15. The summed E-state index contributed by atoms with van der Waals surface area (Å²) in [7, 11) is 0. The van der Waals surface area contributed by atoms with E-state index in [9.17, 15) is 4.79 Å². The summed E-state index contributed by atoms with van der Waals surface area (Å²) >= 11 is 0. The fraction of sp³-hybridized carbons (Fsp3) is 0.143. The minimum absolute atomic E-state index is 0.228. The molecule has 0 unspecified atom stereocenters. The Balaban J connectivity index is 1.70. The zero-order valence-corrected chi connectivity index (χ0v) is 14.4. The molecule has 0 aliphatic heterocycles. The zero-order chi connectivity index (χ0) is 17.6. The number of hydrogen-bond acceptors (Lipinski definition) is 3. The molecular formula is C21H21N3O. The van der Waals surface area contributed by atoms with E-state index in [2.05, 4.69) is 29.5 Å². The van der Waals surface area contributed by atoms with Crippen LogP contribution < -0.4 is 10.6 Å². The van der Waals surface area contributed by atoms with E-state index in [1.807, 2.05) is 60.7 Å². The van der Waals surface area contributed by atoms with Crippen LogP contribution in [0.25, 0.3) is 0 Å². The predicted molar refractivity (Wildman–Crippen MR) is 102 cm³/mol. The van der Waals surface area contributed by atoms with Crippen molar-refractivity contribution in [3.63, 3.8) is 0 Å². The van der Waals surface area contributed by atoms with Gasteiger partial charge < -0.3 is 10.6 Å². The van der Waals surface area contributed by atoms with Gasteiger partial charge >= 0.3 is 0 Å². The fourth-order valence-electron chi connectivity index (χ4n) is 2.47. The molecule has 3 aromatic rings. The van der Waals surface area contributed by atoms with Gasteiger partial charge in [0.25, 0.3) is 5.91 Å². The molecule has 0 saturated carbocycles. The number of carbonyl (C=O) groups is 1. The van der Waals surface area contributed by atoms with Crippen LogP contribution in [0.3, 0.4) is 0 Å². The van der Waals surface area contributed by atoms with Gasteiger partial charge in [0.2, 0.25) is 0 Å². The first-order valence-electron chi connectivity index (χ1n) is 8.31. The van der Waals surface area contributed by atoms with E-state index in [1.54, 1.807) is 12.3 Å². The molecule has 0 fully saturated rings. The van der Waals surface area contributed by atoms with Crippen LogP contribution in [0, 0.1) is 0 Å². The number of carbonyl (C=O) groups excluding carboxylic acids is 1. The van der Waals surface area contributed by atoms with Crippen LogP contribution in [-0.4, -0.2) is 10.9 Å². The van der Waals surface area contributed by atoms with E-state index < -0.39 is 0 Å².